The van der Waals surface area contributed by atoms with Gasteiger partial charge in [0.1, 0.15) is 18.2 Å². The maximum Gasteiger partial charge on any atom is 0.303 e. The molecule has 1 aromatic carbocycles. The molecule has 0 saturated carbocycles. The number of carboxylic acids is 1. The molecule has 1 fully saturated rings. The van der Waals surface area contributed by atoms with Crippen molar-refractivity contribution < 1.29 is 23.4 Å². The molecule has 0 spiro atoms. The van der Waals surface area contributed by atoms with Gasteiger partial charge in [0.2, 0.25) is 0 Å². The number of piperidine rings is 1. The molecule has 0 amide bonds. The molecular formula is C26H28FN3O4. The van der Waals surface area contributed by atoms with Crippen molar-refractivity contribution in [3.8, 4) is 17.6 Å². The molecule has 1 saturated heterocycles. The number of pyridine rings is 1. The number of alkyl halides is 1. The first-order valence-corrected chi connectivity index (χ1v) is 11.4. The number of aromatic nitrogens is 2. The molecule has 0 bridgehead atoms. The fourth-order valence-electron chi connectivity index (χ4n) is 4.71. The molecule has 3 atom stereocenters. The Hall–Kier alpha value is -3.44. The van der Waals surface area contributed by atoms with Gasteiger partial charge in [-0.2, -0.15) is 0 Å². The Balaban J connectivity index is 1.39. The van der Waals surface area contributed by atoms with Crippen molar-refractivity contribution in [2.45, 2.75) is 31.9 Å². The van der Waals surface area contributed by atoms with Gasteiger partial charge in [-0.3, -0.25) is 14.7 Å². The molecule has 178 valence electrons. The molecule has 0 aliphatic carbocycles. The van der Waals surface area contributed by atoms with Crippen LogP contribution in [0.2, 0.25) is 0 Å². The molecule has 0 unspecified atom stereocenters. The monoisotopic (exact) mass is 465 g/mol. The molecule has 0 radical (unpaired) electrons. The number of oxazole rings is 1. The van der Waals surface area contributed by atoms with Gasteiger partial charge in [-0.05, 0) is 73.4 Å². The van der Waals surface area contributed by atoms with Gasteiger partial charge >= 0.3 is 5.97 Å². The Morgan fingerprint density at radius 3 is 3.00 bits per heavy atom. The third kappa shape index (κ3) is 5.91. The minimum Gasteiger partial charge on any atom is -0.497 e. The molecule has 8 heteroatoms. The summed E-state index contributed by atoms with van der Waals surface area (Å²) < 4.78 is 25.6. The standard InChI is InChI=1S/C26H28FN3O4/c1-33-21-5-7-25-23(14-21)22(8-10-28-25)24(27)6-4-18-9-12-30(15-19(18)13-26(31)32)11-2-3-20-16-34-17-29-20/h5,7-8,10,14,16-19,24H,4,6,9,11-13,15H2,1H3,(H,31,32)/t18-,19+,24+/m1/s1. The van der Waals surface area contributed by atoms with Gasteiger partial charge < -0.3 is 14.3 Å². The van der Waals surface area contributed by atoms with Crippen molar-refractivity contribution in [3.05, 3.63) is 54.4 Å². The van der Waals surface area contributed by atoms with Gasteiger partial charge in [0.25, 0.3) is 0 Å². The van der Waals surface area contributed by atoms with E-state index >= 15 is 4.39 Å². The van der Waals surface area contributed by atoms with Crippen molar-refractivity contribution in [1.82, 2.24) is 14.9 Å². The fourth-order valence-corrected chi connectivity index (χ4v) is 4.71. The summed E-state index contributed by atoms with van der Waals surface area (Å²) in [5.74, 6) is 5.96. The van der Waals surface area contributed by atoms with Crippen LogP contribution < -0.4 is 4.74 Å². The van der Waals surface area contributed by atoms with E-state index in [9.17, 15) is 9.90 Å². The highest BCUT2D eigenvalue weighted by atomic mass is 19.1. The van der Waals surface area contributed by atoms with Crippen LogP contribution in [-0.4, -0.2) is 52.7 Å². The van der Waals surface area contributed by atoms with E-state index in [1.807, 2.05) is 18.2 Å². The highest BCUT2D eigenvalue weighted by Gasteiger charge is 2.31. The van der Waals surface area contributed by atoms with Gasteiger partial charge in [0, 0.05) is 24.5 Å². The number of rotatable bonds is 8. The molecular weight excluding hydrogens is 437 g/mol. The minimum absolute atomic E-state index is 0.0402. The van der Waals surface area contributed by atoms with E-state index in [1.165, 1.54) is 12.7 Å². The van der Waals surface area contributed by atoms with E-state index in [2.05, 4.69) is 26.7 Å². The number of hydrogen-bond donors (Lipinski definition) is 1. The van der Waals surface area contributed by atoms with E-state index in [-0.39, 0.29) is 18.3 Å². The quantitative estimate of drug-likeness (QED) is 0.491. The van der Waals surface area contributed by atoms with Crippen molar-refractivity contribution in [2.75, 3.05) is 26.7 Å². The number of aliphatic carboxylic acids is 1. The van der Waals surface area contributed by atoms with E-state index in [4.69, 9.17) is 9.15 Å². The van der Waals surface area contributed by atoms with E-state index < -0.39 is 12.1 Å². The van der Waals surface area contributed by atoms with Crippen LogP contribution in [0.1, 0.15) is 43.1 Å². The zero-order valence-corrected chi connectivity index (χ0v) is 19.1. The fraction of sp³-hybridized carbons (Fsp3) is 0.423. The molecule has 34 heavy (non-hydrogen) atoms. The Kier molecular flexibility index (Phi) is 7.76. The lowest BCUT2D eigenvalue weighted by Crippen LogP contribution is -2.41. The molecule has 2 aromatic heterocycles. The molecule has 3 aromatic rings. The lowest BCUT2D eigenvalue weighted by atomic mass is 9.79. The largest absolute Gasteiger partial charge is 0.497 e. The maximum absolute atomic E-state index is 15.4. The lowest BCUT2D eigenvalue weighted by Gasteiger charge is -2.37. The number of hydrogen-bond acceptors (Lipinski definition) is 6. The number of benzene rings is 1. The SMILES string of the molecule is COc1ccc2nccc([C@@H](F)CC[C@@H]3CCN(CC#Cc4cocn4)C[C@@H]3CC(=O)O)c2c1. The smallest absolute Gasteiger partial charge is 0.303 e. The molecule has 3 heterocycles. The van der Waals surface area contributed by atoms with E-state index in [0.29, 0.717) is 42.9 Å². The van der Waals surface area contributed by atoms with Crippen LogP contribution in [-0.2, 0) is 4.79 Å². The van der Waals surface area contributed by atoms with Gasteiger partial charge in [0.05, 0.1) is 19.2 Å². The minimum atomic E-state index is -1.16. The number of nitrogens with zero attached hydrogens (tertiary/aromatic N) is 3. The van der Waals surface area contributed by atoms with Crippen LogP contribution in [0, 0.1) is 23.7 Å². The summed E-state index contributed by atoms with van der Waals surface area (Å²) in [5.41, 5.74) is 1.90. The molecule has 1 aliphatic heterocycles. The zero-order valence-electron chi connectivity index (χ0n) is 19.1. The summed E-state index contributed by atoms with van der Waals surface area (Å²) >= 11 is 0. The van der Waals surface area contributed by atoms with Gasteiger partial charge in [0.15, 0.2) is 12.1 Å². The third-order valence-corrected chi connectivity index (χ3v) is 6.47. The average Bonchev–Trinajstić information content (AvgIpc) is 3.36. The normalized spacial score (nSPS) is 19.4. The molecule has 1 N–H and O–H groups in total. The average molecular weight is 466 g/mol. The van der Waals surface area contributed by atoms with Crippen LogP contribution in [0.25, 0.3) is 10.9 Å². The molecule has 1 aliphatic rings. The van der Waals surface area contributed by atoms with Crippen molar-refractivity contribution in [3.63, 3.8) is 0 Å². The van der Waals surface area contributed by atoms with Crippen LogP contribution >= 0.6 is 0 Å². The predicted molar refractivity (Wildman–Crippen MR) is 125 cm³/mol. The second-order valence-electron chi connectivity index (χ2n) is 8.65. The Morgan fingerprint density at radius 2 is 2.24 bits per heavy atom. The summed E-state index contributed by atoms with van der Waals surface area (Å²) in [6, 6.07) is 7.18. The van der Waals surface area contributed by atoms with Gasteiger partial charge in [-0.25, -0.2) is 9.37 Å². The third-order valence-electron chi connectivity index (χ3n) is 6.47. The number of halogens is 1. The zero-order chi connectivity index (χ0) is 23.9. The second-order valence-corrected chi connectivity index (χ2v) is 8.65. The molecule has 4 rings (SSSR count). The van der Waals surface area contributed by atoms with Crippen LogP contribution in [0.15, 0.2) is 47.5 Å². The lowest BCUT2D eigenvalue weighted by molar-refractivity contribution is -0.139. The van der Waals surface area contributed by atoms with Gasteiger partial charge in [-0.1, -0.05) is 5.92 Å². The first-order valence-electron chi connectivity index (χ1n) is 11.4. The first-order chi connectivity index (χ1) is 16.5. The van der Waals surface area contributed by atoms with Crippen molar-refractivity contribution in [1.29, 1.82) is 0 Å². The van der Waals surface area contributed by atoms with Crippen molar-refractivity contribution in [2.24, 2.45) is 11.8 Å². The summed E-state index contributed by atoms with van der Waals surface area (Å²) in [5, 5.41) is 10.2. The predicted octanol–water partition coefficient (Wildman–Crippen LogP) is 4.49. The number of ether oxygens (including phenoxy) is 1. The first kappa shape index (κ1) is 23.7. The van der Waals surface area contributed by atoms with Crippen LogP contribution in [0.3, 0.4) is 0 Å². The van der Waals surface area contributed by atoms with E-state index in [1.54, 1.807) is 19.4 Å². The highest BCUT2D eigenvalue weighted by Crippen LogP contribution is 2.36. The van der Waals surface area contributed by atoms with Crippen LogP contribution in [0.5, 0.6) is 5.75 Å². The summed E-state index contributed by atoms with van der Waals surface area (Å²) in [4.78, 5) is 22.0. The van der Waals surface area contributed by atoms with Crippen LogP contribution in [0.4, 0.5) is 4.39 Å². The number of carbonyl (C=O) groups is 1. The Morgan fingerprint density at radius 1 is 1.35 bits per heavy atom. The number of fused-ring (bicyclic) bond motifs is 1. The van der Waals surface area contributed by atoms with Crippen molar-refractivity contribution >= 4 is 16.9 Å². The van der Waals surface area contributed by atoms with Gasteiger partial charge in [-0.15, -0.1) is 0 Å². The number of carboxylic acid groups (broad SMARTS) is 1. The summed E-state index contributed by atoms with van der Waals surface area (Å²) in [6.07, 6.45) is 5.15. The highest BCUT2D eigenvalue weighted by molar-refractivity contribution is 5.83. The topological polar surface area (TPSA) is 88.7 Å². The second kappa shape index (κ2) is 11.1. The number of likely N-dealkylation sites (tertiary alicyclic amines) is 1. The van der Waals surface area contributed by atoms with E-state index in [0.717, 1.165) is 23.9 Å². The summed E-state index contributed by atoms with van der Waals surface area (Å²) in [7, 11) is 1.58. The summed E-state index contributed by atoms with van der Waals surface area (Å²) in [6.45, 7) is 1.98. The number of methoxy groups -OCH3 is 1. The maximum atomic E-state index is 15.4. The Labute approximate surface area is 198 Å². The Bertz CT molecular complexity index is 1170. The molecule has 7 nitrogen and oxygen atoms in total.